The topological polar surface area (TPSA) is 11.4 Å². The van der Waals surface area contributed by atoms with Crippen LogP contribution in [0.1, 0.15) is 22.3 Å². The lowest BCUT2D eigenvalue weighted by atomic mass is 9.70. The molecule has 1 spiro atoms. The zero-order chi connectivity index (χ0) is 46.2. The van der Waals surface area contributed by atoms with Crippen LogP contribution in [0.3, 0.4) is 0 Å². The Balaban J connectivity index is 1.05. The maximum atomic E-state index is 2.51. The quantitative estimate of drug-likeness (QED) is 0.151. The van der Waals surface area contributed by atoms with Crippen LogP contribution < -0.4 is 9.80 Å². The van der Waals surface area contributed by atoms with Crippen molar-refractivity contribution in [3.63, 3.8) is 0 Å². The lowest BCUT2D eigenvalue weighted by Gasteiger charge is -2.33. The van der Waals surface area contributed by atoms with Crippen LogP contribution in [0.5, 0.6) is 0 Å². The number of anilines is 6. The summed E-state index contributed by atoms with van der Waals surface area (Å²) in [6.45, 7) is 0. The molecule has 12 aromatic rings. The van der Waals surface area contributed by atoms with Gasteiger partial charge >= 0.3 is 0 Å². The average Bonchev–Trinajstić information content (AvgIpc) is 4.04. The van der Waals surface area contributed by atoms with Crippen LogP contribution in [0.2, 0.25) is 0 Å². The largest absolute Gasteiger partial charge is 0.310 e. The van der Waals surface area contributed by atoms with Crippen LogP contribution in [0.15, 0.2) is 273 Å². The van der Waals surface area contributed by atoms with Gasteiger partial charge in [-0.05, 0) is 135 Å². The van der Waals surface area contributed by atoms with E-state index in [9.17, 15) is 0 Å². The maximum Gasteiger partial charge on any atom is 0.0727 e. The molecule has 70 heavy (non-hydrogen) atoms. The van der Waals surface area contributed by atoms with Crippen LogP contribution in [0.4, 0.5) is 34.1 Å². The van der Waals surface area contributed by atoms with E-state index in [4.69, 9.17) is 0 Å². The second kappa shape index (κ2) is 16.0. The summed E-state index contributed by atoms with van der Waals surface area (Å²) in [4.78, 5) is 4.90. The smallest absolute Gasteiger partial charge is 0.0727 e. The van der Waals surface area contributed by atoms with Gasteiger partial charge in [0.25, 0.3) is 0 Å². The Bertz CT molecular complexity index is 3910. The maximum absolute atomic E-state index is 2.51. The molecule has 1 unspecified atom stereocenters. The molecule has 0 saturated carbocycles. The SMILES string of the molecule is c1ccc(-c2cccc(N(c3ccc4c5ccccc5n(-c5ccccc5)c4c3)c3cccc4c3-c3ccccc3C43c4ccccc4-c4ccc(N(c5ccccc5)c5ccccc5)cc43)c2)cc1. The molecule has 2 aliphatic carbocycles. The molecule has 3 nitrogen and oxygen atoms in total. The van der Waals surface area contributed by atoms with Crippen molar-refractivity contribution >= 4 is 55.9 Å². The highest BCUT2D eigenvalue weighted by Gasteiger charge is 2.52. The Labute approximate surface area is 408 Å². The van der Waals surface area contributed by atoms with Gasteiger partial charge < -0.3 is 14.4 Å². The van der Waals surface area contributed by atoms with E-state index in [2.05, 4.69) is 287 Å². The van der Waals surface area contributed by atoms with Crippen molar-refractivity contribution in [2.75, 3.05) is 9.80 Å². The fraction of sp³-hybridized carbons (Fsp3) is 0.0149. The van der Waals surface area contributed by atoms with Gasteiger partial charge in [0.15, 0.2) is 0 Å². The zero-order valence-corrected chi connectivity index (χ0v) is 38.3. The van der Waals surface area contributed by atoms with Crippen LogP contribution in [-0.2, 0) is 5.41 Å². The first-order valence-electron chi connectivity index (χ1n) is 24.2. The number of aromatic nitrogens is 1. The van der Waals surface area contributed by atoms with Crippen molar-refractivity contribution in [3.8, 4) is 39.1 Å². The van der Waals surface area contributed by atoms with Crippen molar-refractivity contribution in [2.24, 2.45) is 0 Å². The third-order valence-electron chi connectivity index (χ3n) is 14.7. The number of fused-ring (bicyclic) bond motifs is 13. The average molecular weight is 892 g/mol. The number of hydrogen-bond donors (Lipinski definition) is 0. The van der Waals surface area contributed by atoms with E-state index in [1.807, 2.05) is 0 Å². The third kappa shape index (κ3) is 5.95. The summed E-state index contributed by atoms with van der Waals surface area (Å²) in [7, 11) is 0. The van der Waals surface area contributed by atoms with Crippen LogP contribution >= 0.6 is 0 Å². The number of para-hydroxylation sites is 4. The van der Waals surface area contributed by atoms with E-state index in [0.29, 0.717) is 0 Å². The Hall–Kier alpha value is -9.18. The number of nitrogens with zero attached hydrogens (tertiary/aromatic N) is 3. The highest BCUT2D eigenvalue weighted by molar-refractivity contribution is 6.11. The van der Waals surface area contributed by atoms with E-state index in [1.165, 1.54) is 71.9 Å². The van der Waals surface area contributed by atoms with Gasteiger partial charge in [-0.15, -0.1) is 0 Å². The predicted molar refractivity (Wildman–Crippen MR) is 292 cm³/mol. The Kier molecular flexibility index (Phi) is 9.11. The van der Waals surface area contributed by atoms with Crippen molar-refractivity contribution in [1.82, 2.24) is 4.57 Å². The molecule has 0 saturated heterocycles. The first-order chi connectivity index (χ1) is 34.8. The molecule has 0 radical (unpaired) electrons. The zero-order valence-electron chi connectivity index (χ0n) is 38.3. The molecule has 3 heteroatoms. The van der Waals surface area contributed by atoms with Crippen LogP contribution in [0, 0.1) is 0 Å². The van der Waals surface area contributed by atoms with Gasteiger partial charge in [-0.1, -0.05) is 188 Å². The van der Waals surface area contributed by atoms with Gasteiger partial charge in [-0.2, -0.15) is 0 Å². The van der Waals surface area contributed by atoms with E-state index >= 15 is 0 Å². The summed E-state index contributed by atoms with van der Waals surface area (Å²) < 4.78 is 2.42. The second-order valence-electron chi connectivity index (χ2n) is 18.4. The molecule has 1 aromatic heterocycles. The fourth-order valence-electron chi connectivity index (χ4n) is 11.9. The number of hydrogen-bond acceptors (Lipinski definition) is 2. The van der Waals surface area contributed by atoms with E-state index < -0.39 is 5.41 Å². The molecular weight excluding hydrogens is 847 g/mol. The number of benzene rings is 11. The fourth-order valence-corrected chi connectivity index (χ4v) is 11.9. The summed E-state index contributed by atoms with van der Waals surface area (Å²) in [6, 6.07) is 100. The highest BCUT2D eigenvalue weighted by Crippen LogP contribution is 2.65. The van der Waals surface area contributed by atoms with Gasteiger partial charge in [-0.3, -0.25) is 0 Å². The standard InChI is InChI=1S/C67H45N3/c1-5-21-46(22-6-1)47-23-19-30-51(43-47)69(53-40-42-57-56-32-15-18-37-63(56)70(65(57)45-53)50-28-11-4-12-29-50)64-38-20-36-61-66(64)58-33-14-17-35-60(58)67(61)59-34-16-13-31-54(59)55-41-39-52(44-62(55)67)68(48-24-7-2-8-25-48)49-26-9-3-10-27-49/h1-45H. The summed E-state index contributed by atoms with van der Waals surface area (Å²) >= 11 is 0. The number of rotatable bonds is 8. The second-order valence-corrected chi connectivity index (χ2v) is 18.4. The summed E-state index contributed by atoms with van der Waals surface area (Å²) in [5, 5.41) is 2.46. The minimum absolute atomic E-state index is 0.593. The molecular formula is C67H45N3. The van der Waals surface area contributed by atoms with Gasteiger partial charge in [0, 0.05) is 50.5 Å². The molecule has 0 bridgehead atoms. The van der Waals surface area contributed by atoms with Gasteiger partial charge in [0.05, 0.1) is 22.1 Å². The van der Waals surface area contributed by atoms with Crippen molar-refractivity contribution in [3.05, 3.63) is 295 Å². The van der Waals surface area contributed by atoms with Gasteiger partial charge in [0.2, 0.25) is 0 Å². The van der Waals surface area contributed by atoms with E-state index in [1.54, 1.807) is 0 Å². The molecule has 2 aliphatic rings. The summed E-state index contributed by atoms with van der Waals surface area (Å²) in [6.07, 6.45) is 0. The first-order valence-corrected chi connectivity index (χ1v) is 24.2. The van der Waals surface area contributed by atoms with Crippen LogP contribution in [0.25, 0.3) is 60.9 Å². The first kappa shape index (κ1) is 39.9. The minimum atomic E-state index is -0.593. The molecule has 1 atom stereocenters. The monoisotopic (exact) mass is 891 g/mol. The highest BCUT2D eigenvalue weighted by atomic mass is 15.2. The Morgan fingerprint density at radius 1 is 0.286 bits per heavy atom. The van der Waals surface area contributed by atoms with Crippen molar-refractivity contribution in [2.45, 2.75) is 5.41 Å². The predicted octanol–water partition coefficient (Wildman–Crippen LogP) is 17.7. The molecule has 0 amide bonds. The lowest BCUT2D eigenvalue weighted by Crippen LogP contribution is -2.26. The van der Waals surface area contributed by atoms with Gasteiger partial charge in [0.1, 0.15) is 0 Å². The normalized spacial score (nSPS) is 14.1. The molecule has 0 aliphatic heterocycles. The van der Waals surface area contributed by atoms with Gasteiger partial charge in [-0.25, -0.2) is 0 Å². The minimum Gasteiger partial charge on any atom is -0.310 e. The van der Waals surface area contributed by atoms with E-state index in [0.717, 1.165) is 45.3 Å². The Morgan fingerprint density at radius 2 is 0.800 bits per heavy atom. The molecule has 0 N–H and O–H groups in total. The molecule has 0 fully saturated rings. The molecule has 328 valence electrons. The summed E-state index contributed by atoms with van der Waals surface area (Å²) in [5.74, 6) is 0. The van der Waals surface area contributed by atoms with Crippen molar-refractivity contribution < 1.29 is 0 Å². The molecule has 1 heterocycles. The molecule has 11 aromatic carbocycles. The van der Waals surface area contributed by atoms with E-state index in [-0.39, 0.29) is 0 Å². The summed E-state index contributed by atoms with van der Waals surface area (Å²) in [5.41, 5.74) is 22.1. The van der Waals surface area contributed by atoms with Crippen LogP contribution in [-0.4, -0.2) is 4.57 Å². The third-order valence-corrected chi connectivity index (χ3v) is 14.7. The van der Waals surface area contributed by atoms with Crippen molar-refractivity contribution in [1.29, 1.82) is 0 Å². The lowest BCUT2D eigenvalue weighted by molar-refractivity contribution is 0.793. The molecule has 14 rings (SSSR count). The Morgan fingerprint density at radius 3 is 1.56 bits per heavy atom.